The molecule has 1 aromatic carbocycles. The van der Waals surface area contributed by atoms with E-state index in [1.165, 1.54) is 0 Å². The molecule has 0 heterocycles. The van der Waals surface area contributed by atoms with E-state index in [-0.39, 0.29) is 17.6 Å². The Balaban J connectivity index is 2.08. The van der Waals surface area contributed by atoms with E-state index in [9.17, 15) is 5.11 Å². The van der Waals surface area contributed by atoms with Gasteiger partial charge in [0.2, 0.25) is 0 Å². The van der Waals surface area contributed by atoms with E-state index in [2.05, 4.69) is 13.8 Å². The first-order chi connectivity index (χ1) is 8.40. The van der Waals surface area contributed by atoms with Gasteiger partial charge in [-0.05, 0) is 30.4 Å². The van der Waals surface area contributed by atoms with Crippen molar-refractivity contribution >= 4 is 5.69 Å². The van der Waals surface area contributed by atoms with Crippen molar-refractivity contribution in [2.24, 2.45) is 5.41 Å². The fraction of sp³-hybridized carbons (Fsp3) is 0.600. The second kappa shape index (κ2) is 4.81. The number of nitrogens with zero attached hydrogens (tertiary/aromatic N) is 1. The van der Waals surface area contributed by atoms with Crippen LogP contribution < -0.4 is 9.64 Å². The Kier molecular flexibility index (Phi) is 3.53. The van der Waals surface area contributed by atoms with Crippen LogP contribution in [0.4, 0.5) is 5.69 Å². The third-order valence-electron chi connectivity index (χ3n) is 3.85. The number of aliphatic hydroxyl groups is 1. The van der Waals surface area contributed by atoms with Crippen molar-refractivity contribution in [3.63, 3.8) is 0 Å². The van der Waals surface area contributed by atoms with Crippen molar-refractivity contribution in [2.75, 3.05) is 19.0 Å². The number of anilines is 1. The van der Waals surface area contributed by atoms with Crippen LogP contribution in [0.25, 0.3) is 0 Å². The first-order valence-electron chi connectivity index (χ1n) is 6.52. The van der Waals surface area contributed by atoms with E-state index in [0.717, 1.165) is 24.3 Å². The van der Waals surface area contributed by atoms with Crippen LogP contribution in [0, 0.1) is 5.41 Å². The summed E-state index contributed by atoms with van der Waals surface area (Å²) in [4.78, 5) is 2.04. The molecule has 1 aliphatic carbocycles. The molecule has 0 amide bonds. The Labute approximate surface area is 109 Å². The topological polar surface area (TPSA) is 32.7 Å². The molecule has 3 nitrogen and oxygen atoms in total. The Morgan fingerprint density at radius 3 is 2.61 bits per heavy atom. The zero-order valence-corrected chi connectivity index (χ0v) is 11.7. The van der Waals surface area contributed by atoms with Crippen molar-refractivity contribution in [1.82, 2.24) is 0 Å². The summed E-state index contributed by atoms with van der Waals surface area (Å²) < 4.78 is 5.94. The lowest BCUT2D eigenvalue weighted by Gasteiger charge is -2.26. The average molecular weight is 249 g/mol. The third kappa shape index (κ3) is 2.61. The molecule has 18 heavy (non-hydrogen) atoms. The van der Waals surface area contributed by atoms with Gasteiger partial charge in [-0.25, -0.2) is 0 Å². The SMILES string of the molecule is CN(C)c1cccc(OC2CCC(C)(C)C2O)c1. The van der Waals surface area contributed by atoms with Gasteiger partial charge in [0.1, 0.15) is 11.9 Å². The molecule has 1 saturated carbocycles. The number of hydrogen-bond donors (Lipinski definition) is 1. The highest BCUT2D eigenvalue weighted by Crippen LogP contribution is 2.39. The van der Waals surface area contributed by atoms with Gasteiger partial charge in [0.25, 0.3) is 0 Å². The molecule has 3 heteroatoms. The second-order valence-electron chi connectivity index (χ2n) is 6.02. The van der Waals surface area contributed by atoms with Crippen molar-refractivity contribution in [3.05, 3.63) is 24.3 Å². The quantitative estimate of drug-likeness (QED) is 0.894. The lowest BCUT2D eigenvalue weighted by Crippen LogP contribution is -2.34. The summed E-state index contributed by atoms with van der Waals surface area (Å²) in [6.07, 6.45) is 1.45. The number of hydrogen-bond acceptors (Lipinski definition) is 3. The van der Waals surface area contributed by atoms with E-state index in [1.54, 1.807) is 0 Å². The molecule has 0 radical (unpaired) electrons. The highest BCUT2D eigenvalue weighted by Gasteiger charge is 2.42. The molecule has 2 atom stereocenters. The summed E-state index contributed by atoms with van der Waals surface area (Å²) in [6.45, 7) is 4.19. The molecule has 1 aromatic rings. The van der Waals surface area contributed by atoms with Crippen LogP contribution in [0.2, 0.25) is 0 Å². The molecule has 0 spiro atoms. The van der Waals surface area contributed by atoms with Crippen LogP contribution in [-0.2, 0) is 0 Å². The fourth-order valence-corrected chi connectivity index (χ4v) is 2.46. The smallest absolute Gasteiger partial charge is 0.125 e. The summed E-state index contributed by atoms with van der Waals surface area (Å²) in [5.41, 5.74) is 1.07. The van der Waals surface area contributed by atoms with E-state index < -0.39 is 0 Å². The van der Waals surface area contributed by atoms with Crippen LogP contribution in [0.1, 0.15) is 26.7 Å². The van der Waals surface area contributed by atoms with Gasteiger partial charge in [-0.2, -0.15) is 0 Å². The Morgan fingerprint density at radius 1 is 1.33 bits per heavy atom. The van der Waals surface area contributed by atoms with Crippen molar-refractivity contribution in [3.8, 4) is 5.75 Å². The maximum Gasteiger partial charge on any atom is 0.125 e. The highest BCUT2D eigenvalue weighted by molar-refractivity contribution is 5.49. The lowest BCUT2D eigenvalue weighted by molar-refractivity contribution is 0.00494. The van der Waals surface area contributed by atoms with E-state index in [0.29, 0.717) is 0 Å². The largest absolute Gasteiger partial charge is 0.488 e. The Hall–Kier alpha value is -1.22. The molecule has 1 fully saturated rings. The molecule has 0 saturated heterocycles. The normalized spacial score (nSPS) is 26.1. The van der Waals surface area contributed by atoms with Gasteiger partial charge in [-0.1, -0.05) is 19.9 Å². The van der Waals surface area contributed by atoms with Gasteiger partial charge in [-0.15, -0.1) is 0 Å². The second-order valence-corrected chi connectivity index (χ2v) is 6.02. The molecule has 2 unspecified atom stereocenters. The van der Waals surface area contributed by atoms with Gasteiger partial charge in [0.15, 0.2) is 0 Å². The number of ether oxygens (including phenoxy) is 1. The first kappa shape index (κ1) is 13.2. The van der Waals surface area contributed by atoms with Crippen molar-refractivity contribution in [2.45, 2.75) is 38.9 Å². The summed E-state index contributed by atoms with van der Waals surface area (Å²) in [5, 5.41) is 10.2. The van der Waals surface area contributed by atoms with Crippen LogP contribution in [0.5, 0.6) is 5.75 Å². The first-order valence-corrected chi connectivity index (χ1v) is 6.52. The Bertz CT molecular complexity index is 415. The van der Waals surface area contributed by atoms with Gasteiger partial charge in [0, 0.05) is 25.8 Å². The monoisotopic (exact) mass is 249 g/mol. The molecule has 0 aromatic heterocycles. The zero-order valence-electron chi connectivity index (χ0n) is 11.7. The van der Waals surface area contributed by atoms with Crippen LogP contribution >= 0.6 is 0 Å². The maximum atomic E-state index is 10.2. The molecular weight excluding hydrogens is 226 g/mol. The minimum absolute atomic E-state index is 0.0379. The standard InChI is InChI=1S/C15H23NO2/c1-15(2)9-8-13(14(15)17)18-12-7-5-6-11(10-12)16(3)4/h5-7,10,13-14,17H,8-9H2,1-4H3. The number of rotatable bonds is 3. The van der Waals surface area contributed by atoms with E-state index >= 15 is 0 Å². The van der Waals surface area contributed by atoms with Crippen molar-refractivity contribution in [1.29, 1.82) is 0 Å². The Morgan fingerprint density at radius 2 is 2.06 bits per heavy atom. The maximum absolute atomic E-state index is 10.2. The lowest BCUT2D eigenvalue weighted by atomic mass is 9.89. The number of aliphatic hydroxyl groups excluding tert-OH is 1. The fourth-order valence-electron chi connectivity index (χ4n) is 2.46. The summed E-state index contributed by atoms with van der Waals surface area (Å²) in [5.74, 6) is 0.836. The average Bonchev–Trinajstić information content (AvgIpc) is 2.57. The van der Waals surface area contributed by atoms with Gasteiger partial charge >= 0.3 is 0 Å². The molecule has 1 aliphatic rings. The molecule has 100 valence electrons. The highest BCUT2D eigenvalue weighted by atomic mass is 16.5. The molecule has 0 bridgehead atoms. The summed E-state index contributed by atoms with van der Waals surface area (Å²) in [6, 6.07) is 7.99. The third-order valence-corrected chi connectivity index (χ3v) is 3.85. The predicted octanol–water partition coefficient (Wildman–Crippen LogP) is 2.68. The molecular formula is C15H23NO2. The van der Waals surface area contributed by atoms with E-state index in [4.69, 9.17) is 4.74 Å². The van der Waals surface area contributed by atoms with Gasteiger partial charge in [0.05, 0.1) is 6.10 Å². The molecule has 0 aliphatic heterocycles. The van der Waals surface area contributed by atoms with Crippen LogP contribution in [0.3, 0.4) is 0 Å². The van der Waals surface area contributed by atoms with Gasteiger partial charge in [-0.3, -0.25) is 0 Å². The van der Waals surface area contributed by atoms with Gasteiger partial charge < -0.3 is 14.7 Å². The van der Waals surface area contributed by atoms with Crippen LogP contribution in [0.15, 0.2) is 24.3 Å². The number of benzene rings is 1. The van der Waals surface area contributed by atoms with E-state index in [1.807, 2.05) is 43.3 Å². The summed E-state index contributed by atoms with van der Waals surface area (Å²) >= 11 is 0. The minimum atomic E-state index is -0.388. The van der Waals surface area contributed by atoms with Crippen molar-refractivity contribution < 1.29 is 9.84 Å². The molecule has 2 rings (SSSR count). The van der Waals surface area contributed by atoms with Crippen LogP contribution in [-0.4, -0.2) is 31.4 Å². The summed E-state index contributed by atoms with van der Waals surface area (Å²) in [7, 11) is 4.01. The minimum Gasteiger partial charge on any atom is -0.488 e. The predicted molar refractivity (Wildman–Crippen MR) is 74.2 cm³/mol. The molecule has 1 N–H and O–H groups in total. The zero-order chi connectivity index (χ0) is 13.3.